The van der Waals surface area contributed by atoms with Gasteiger partial charge in [-0.05, 0) is 61.9 Å². The predicted octanol–water partition coefficient (Wildman–Crippen LogP) is 4.70. The van der Waals surface area contributed by atoms with Crippen LogP contribution < -0.4 is 15.4 Å². The molecule has 1 saturated carbocycles. The molecule has 3 aliphatic rings. The van der Waals surface area contributed by atoms with Gasteiger partial charge >= 0.3 is 6.18 Å². The minimum Gasteiger partial charge on any atom is -0.495 e. The molecule has 12 heteroatoms. The summed E-state index contributed by atoms with van der Waals surface area (Å²) in [6.45, 7) is 2.90. The maximum absolute atomic E-state index is 13.6. The second kappa shape index (κ2) is 11.5. The highest BCUT2D eigenvalue weighted by atomic mass is 32.2. The molecule has 0 amide bonds. The quantitative estimate of drug-likeness (QED) is 0.299. The second-order valence-electron chi connectivity index (χ2n) is 12.4. The fourth-order valence-corrected chi connectivity index (χ4v) is 7.53. The van der Waals surface area contributed by atoms with E-state index >= 15 is 0 Å². The van der Waals surface area contributed by atoms with Gasteiger partial charge in [-0.3, -0.25) is 4.90 Å². The fourth-order valence-electron chi connectivity index (χ4n) is 6.89. The number of alkyl halides is 3. The highest BCUT2D eigenvalue weighted by molar-refractivity contribution is 7.90. The van der Waals surface area contributed by atoms with Crippen molar-refractivity contribution in [3.63, 3.8) is 0 Å². The lowest BCUT2D eigenvalue weighted by Gasteiger charge is -2.58. The molecule has 2 aliphatic heterocycles. The first-order valence-electron chi connectivity index (χ1n) is 14.8. The molecule has 1 spiro atoms. The summed E-state index contributed by atoms with van der Waals surface area (Å²) in [4.78, 5) is 4.81. The summed E-state index contributed by atoms with van der Waals surface area (Å²) in [5.74, 6) is 6.53. The van der Waals surface area contributed by atoms with E-state index in [0.717, 1.165) is 62.8 Å². The maximum atomic E-state index is 13.6. The molecular weight excluding hydrogens is 593 g/mol. The molecule has 3 fully saturated rings. The molecule has 0 unspecified atom stereocenters. The van der Waals surface area contributed by atoms with Crippen molar-refractivity contribution in [2.75, 3.05) is 56.8 Å². The van der Waals surface area contributed by atoms with Gasteiger partial charge < -0.3 is 24.7 Å². The van der Waals surface area contributed by atoms with Crippen LogP contribution in [0.4, 0.5) is 24.5 Å². The van der Waals surface area contributed by atoms with Crippen LogP contribution in [0.5, 0.6) is 5.75 Å². The van der Waals surface area contributed by atoms with Crippen molar-refractivity contribution in [2.24, 2.45) is 5.41 Å². The Labute approximate surface area is 255 Å². The van der Waals surface area contributed by atoms with Crippen molar-refractivity contribution in [1.29, 1.82) is 0 Å². The van der Waals surface area contributed by atoms with E-state index in [-0.39, 0.29) is 23.2 Å². The van der Waals surface area contributed by atoms with E-state index in [1.165, 1.54) is 13.2 Å². The minimum atomic E-state index is -4.44. The van der Waals surface area contributed by atoms with Gasteiger partial charge in [0.05, 0.1) is 48.7 Å². The first kappa shape index (κ1) is 30.6. The number of nitrogen functional groups attached to an aromatic ring is 1. The van der Waals surface area contributed by atoms with Crippen LogP contribution in [-0.2, 0) is 21.1 Å². The van der Waals surface area contributed by atoms with Crippen molar-refractivity contribution in [1.82, 2.24) is 9.47 Å². The summed E-state index contributed by atoms with van der Waals surface area (Å²) >= 11 is 0. The molecule has 3 heterocycles. The molecule has 8 nitrogen and oxygen atoms in total. The Bertz CT molecular complexity index is 1710. The van der Waals surface area contributed by atoms with E-state index < -0.39 is 22.6 Å². The van der Waals surface area contributed by atoms with E-state index in [1.807, 2.05) is 0 Å². The Morgan fingerprint density at radius 2 is 1.84 bits per heavy atom. The normalized spacial score (nSPS) is 21.8. The Morgan fingerprint density at radius 1 is 1.11 bits per heavy atom. The van der Waals surface area contributed by atoms with E-state index in [4.69, 9.17) is 15.2 Å². The van der Waals surface area contributed by atoms with E-state index in [1.54, 1.807) is 36.4 Å². The molecular formula is C32H37F3N4O4S. The average Bonchev–Trinajstić information content (AvgIpc) is 3.26. The molecule has 0 atom stereocenters. The Morgan fingerprint density at radius 3 is 2.45 bits per heavy atom. The van der Waals surface area contributed by atoms with Crippen molar-refractivity contribution < 1.29 is 31.1 Å². The molecule has 1 aromatic heterocycles. The lowest BCUT2D eigenvalue weighted by molar-refractivity contribution is -0.200. The standard InChI is InChI=1S/C32H37F3N4O4S/c1-42-30-16-25(44(2,40)41)12-13-29(30)38(23-10-8-22(9-11-23)37-17-31(18-37)20-43-21-31)14-4-5-24-15-26-27(36)6-3-7-28(26)39(24)19-32(33,34)35/h3,6-7,12-13,15-16,22-23H,8-11,14,17-21,36H2,1-2H3. The third-order valence-corrected chi connectivity index (χ3v) is 10.3. The number of rotatable bonds is 7. The monoisotopic (exact) mass is 630 g/mol. The van der Waals surface area contributed by atoms with Crippen LogP contribution in [0.25, 0.3) is 10.9 Å². The molecule has 3 aromatic rings. The number of ether oxygens (including phenoxy) is 2. The zero-order valence-corrected chi connectivity index (χ0v) is 25.7. The van der Waals surface area contributed by atoms with Gasteiger partial charge in [0.25, 0.3) is 0 Å². The lowest BCUT2D eigenvalue weighted by Crippen LogP contribution is -2.68. The number of hydrogen-bond acceptors (Lipinski definition) is 7. The van der Waals surface area contributed by atoms with Gasteiger partial charge in [-0.2, -0.15) is 13.2 Å². The van der Waals surface area contributed by atoms with Gasteiger partial charge in [-0.1, -0.05) is 12.0 Å². The summed E-state index contributed by atoms with van der Waals surface area (Å²) in [6.07, 6.45) is 0.522. The molecule has 44 heavy (non-hydrogen) atoms. The number of halogens is 3. The summed E-state index contributed by atoms with van der Waals surface area (Å²) in [5, 5.41) is 0.524. The van der Waals surface area contributed by atoms with Crippen molar-refractivity contribution in [2.45, 2.75) is 55.4 Å². The largest absolute Gasteiger partial charge is 0.495 e. The number of benzene rings is 2. The minimum absolute atomic E-state index is 0.0949. The highest BCUT2D eigenvalue weighted by Crippen LogP contribution is 2.42. The van der Waals surface area contributed by atoms with E-state index in [0.29, 0.717) is 39.5 Å². The van der Waals surface area contributed by atoms with Gasteiger partial charge in [0.15, 0.2) is 9.84 Å². The molecule has 2 saturated heterocycles. The van der Waals surface area contributed by atoms with Crippen LogP contribution >= 0.6 is 0 Å². The summed E-state index contributed by atoms with van der Waals surface area (Å²) in [6, 6.07) is 11.9. The summed E-state index contributed by atoms with van der Waals surface area (Å²) in [5.41, 5.74) is 8.13. The molecule has 236 valence electrons. The highest BCUT2D eigenvalue weighted by Gasteiger charge is 2.51. The zero-order chi connectivity index (χ0) is 31.3. The first-order chi connectivity index (χ1) is 20.9. The number of aromatic nitrogens is 1. The Kier molecular flexibility index (Phi) is 8.01. The summed E-state index contributed by atoms with van der Waals surface area (Å²) in [7, 11) is -1.96. The third kappa shape index (κ3) is 6.10. The van der Waals surface area contributed by atoms with Crippen molar-refractivity contribution in [3.05, 3.63) is 48.2 Å². The number of sulfone groups is 1. The third-order valence-electron chi connectivity index (χ3n) is 9.19. The number of fused-ring (bicyclic) bond motifs is 1. The number of nitrogens with two attached hydrogens (primary N) is 1. The average molecular weight is 631 g/mol. The van der Waals surface area contributed by atoms with Gasteiger partial charge in [-0.15, -0.1) is 0 Å². The van der Waals surface area contributed by atoms with Gasteiger partial charge in [0, 0.05) is 54.0 Å². The zero-order valence-electron chi connectivity index (χ0n) is 24.9. The number of likely N-dealkylation sites (tertiary alicyclic amines) is 1. The number of hydrogen-bond donors (Lipinski definition) is 1. The molecule has 6 rings (SSSR count). The maximum Gasteiger partial charge on any atom is 0.406 e. The smallest absolute Gasteiger partial charge is 0.406 e. The second-order valence-corrected chi connectivity index (χ2v) is 14.4. The number of nitrogens with zero attached hydrogens (tertiary/aromatic N) is 3. The van der Waals surface area contributed by atoms with Crippen LogP contribution in [0.2, 0.25) is 0 Å². The van der Waals surface area contributed by atoms with Crippen molar-refractivity contribution >= 4 is 32.1 Å². The molecule has 1 aliphatic carbocycles. The predicted molar refractivity (Wildman–Crippen MR) is 164 cm³/mol. The van der Waals surface area contributed by atoms with Crippen molar-refractivity contribution in [3.8, 4) is 17.6 Å². The number of anilines is 2. The van der Waals surface area contributed by atoms with Gasteiger partial charge in [0.1, 0.15) is 12.3 Å². The van der Waals surface area contributed by atoms with Crippen LogP contribution in [0, 0.1) is 17.3 Å². The van der Waals surface area contributed by atoms with E-state index in [9.17, 15) is 21.6 Å². The number of methoxy groups -OCH3 is 1. The van der Waals surface area contributed by atoms with Crippen LogP contribution in [0.1, 0.15) is 31.4 Å². The molecule has 2 aromatic carbocycles. The topological polar surface area (TPSA) is 90.0 Å². The molecule has 0 bridgehead atoms. The summed E-state index contributed by atoms with van der Waals surface area (Å²) < 4.78 is 77.4. The van der Waals surface area contributed by atoms with Crippen LogP contribution in [-0.4, -0.2) is 82.4 Å². The van der Waals surface area contributed by atoms with Gasteiger partial charge in [0.2, 0.25) is 0 Å². The Hall–Kier alpha value is -3.40. The SMILES string of the molecule is COc1cc(S(C)(=O)=O)ccc1N(CC#Cc1cc2c(N)cccc2n1CC(F)(F)F)C1CCC(N2CC3(COC3)C2)CC1. The Balaban J connectivity index is 1.29. The van der Waals surface area contributed by atoms with Gasteiger partial charge in [-0.25, -0.2) is 8.42 Å². The molecule has 2 N–H and O–H groups in total. The fraction of sp³-hybridized carbons (Fsp3) is 0.500. The first-order valence-corrected chi connectivity index (χ1v) is 16.6. The van der Waals surface area contributed by atoms with Crippen LogP contribution in [0.3, 0.4) is 0 Å². The lowest BCUT2D eigenvalue weighted by atomic mass is 9.75. The van der Waals surface area contributed by atoms with Crippen LogP contribution in [0.15, 0.2) is 47.4 Å². The molecule has 0 radical (unpaired) electrons. The van der Waals surface area contributed by atoms with E-state index in [2.05, 4.69) is 21.6 Å².